The van der Waals surface area contributed by atoms with Gasteiger partial charge in [-0.1, -0.05) is 30.3 Å². The molecule has 5 nitrogen and oxygen atoms in total. The molecule has 0 spiro atoms. The fourth-order valence-electron chi connectivity index (χ4n) is 4.37. The third-order valence-corrected chi connectivity index (χ3v) is 6.53. The van der Waals surface area contributed by atoms with Crippen LogP contribution >= 0.6 is 0 Å². The van der Waals surface area contributed by atoms with Gasteiger partial charge in [0.15, 0.2) is 0 Å². The van der Waals surface area contributed by atoms with Gasteiger partial charge in [0.05, 0.1) is 11.8 Å². The van der Waals surface area contributed by atoms with Crippen LogP contribution in [-0.4, -0.2) is 26.6 Å². The monoisotopic (exact) mass is 488 g/mol. The molecule has 0 heterocycles. The zero-order valence-electron chi connectivity index (χ0n) is 18.5. The van der Waals surface area contributed by atoms with E-state index in [1.54, 1.807) is 43.3 Å². The van der Waals surface area contributed by atoms with Gasteiger partial charge in [0.2, 0.25) is 10.0 Å². The molecule has 1 unspecified atom stereocenters. The number of fused-ring (bicyclic) bond motifs is 1. The van der Waals surface area contributed by atoms with Gasteiger partial charge in [-0.05, 0) is 77.9 Å². The number of nitrogens with one attached hydrogen (secondary N) is 2. The first-order valence-corrected chi connectivity index (χ1v) is 12.5. The molecule has 0 aliphatic heterocycles. The Hall–Kier alpha value is -3.17. The van der Waals surface area contributed by atoms with E-state index in [1.807, 2.05) is 6.07 Å². The number of hydrogen-bond acceptors (Lipinski definition) is 3. The summed E-state index contributed by atoms with van der Waals surface area (Å²) in [6.07, 6.45) is -2.30. The molecule has 4 rings (SSSR count). The highest BCUT2D eigenvalue weighted by atomic mass is 32.2. The number of hydrogen-bond donors (Lipinski definition) is 2. The standard InChI is InChI=1S/C25H23F3N2O3S/c1-15-5-3-8-22(23(15)17-6-4-7-19(11-17)25(26,27)28)24(31)29-20-10-9-16-12-21(14-18(16)13-20)30-34(2,32)33/h3-11,13,21,30H,12,14H2,1-2H3,(H,29,31). The van der Waals surface area contributed by atoms with E-state index in [-0.39, 0.29) is 11.6 Å². The van der Waals surface area contributed by atoms with Crippen LogP contribution in [0.3, 0.4) is 0 Å². The van der Waals surface area contributed by atoms with E-state index < -0.39 is 27.7 Å². The fourth-order valence-corrected chi connectivity index (χ4v) is 5.14. The highest BCUT2D eigenvalue weighted by Gasteiger charge is 2.31. The average Bonchev–Trinajstić information content (AvgIpc) is 3.12. The molecule has 0 radical (unpaired) electrons. The lowest BCUT2D eigenvalue weighted by molar-refractivity contribution is -0.137. The van der Waals surface area contributed by atoms with Gasteiger partial charge in [-0.3, -0.25) is 4.79 Å². The molecule has 9 heteroatoms. The summed E-state index contributed by atoms with van der Waals surface area (Å²) in [5.74, 6) is -0.445. The average molecular weight is 489 g/mol. The van der Waals surface area contributed by atoms with Crippen LogP contribution < -0.4 is 10.0 Å². The number of amides is 1. The molecule has 0 aromatic heterocycles. The Morgan fingerprint density at radius 1 is 0.971 bits per heavy atom. The van der Waals surface area contributed by atoms with Gasteiger partial charge in [0, 0.05) is 17.3 Å². The van der Waals surface area contributed by atoms with Gasteiger partial charge >= 0.3 is 6.18 Å². The molecule has 0 bridgehead atoms. The Morgan fingerprint density at radius 2 is 1.68 bits per heavy atom. The lowest BCUT2D eigenvalue weighted by atomic mass is 9.93. The zero-order valence-corrected chi connectivity index (χ0v) is 19.3. The number of anilines is 1. The minimum Gasteiger partial charge on any atom is -0.322 e. The molecule has 0 saturated heterocycles. The third-order valence-electron chi connectivity index (χ3n) is 5.77. The van der Waals surface area contributed by atoms with Gasteiger partial charge < -0.3 is 5.32 Å². The smallest absolute Gasteiger partial charge is 0.322 e. The molecule has 34 heavy (non-hydrogen) atoms. The predicted octanol–water partition coefficient (Wildman–Crippen LogP) is 4.95. The number of aryl methyl sites for hydroxylation is 1. The van der Waals surface area contributed by atoms with Crippen molar-refractivity contribution < 1.29 is 26.4 Å². The summed E-state index contributed by atoms with van der Waals surface area (Å²) < 4.78 is 65.4. The normalized spacial score (nSPS) is 15.7. The predicted molar refractivity (Wildman–Crippen MR) is 125 cm³/mol. The molecule has 0 fully saturated rings. The molecule has 2 N–H and O–H groups in total. The van der Waals surface area contributed by atoms with Crippen LogP contribution in [-0.2, 0) is 29.0 Å². The lowest BCUT2D eigenvalue weighted by Crippen LogP contribution is -2.34. The summed E-state index contributed by atoms with van der Waals surface area (Å²) in [6.45, 7) is 1.75. The van der Waals surface area contributed by atoms with Gasteiger partial charge in [0.25, 0.3) is 5.91 Å². The lowest BCUT2D eigenvalue weighted by Gasteiger charge is -2.15. The number of halogens is 3. The van der Waals surface area contributed by atoms with E-state index in [0.717, 1.165) is 29.5 Å². The summed E-state index contributed by atoms with van der Waals surface area (Å²) in [5, 5.41) is 2.83. The highest BCUT2D eigenvalue weighted by Crippen LogP contribution is 2.35. The van der Waals surface area contributed by atoms with Crippen molar-refractivity contribution in [2.45, 2.75) is 32.0 Å². The second-order valence-corrected chi connectivity index (χ2v) is 10.3. The van der Waals surface area contributed by atoms with Gasteiger partial charge in [-0.25, -0.2) is 13.1 Å². The molecular weight excluding hydrogens is 465 g/mol. The first kappa shape index (κ1) is 24.0. The topological polar surface area (TPSA) is 75.3 Å². The maximum absolute atomic E-state index is 13.2. The number of carbonyl (C=O) groups is 1. The maximum atomic E-state index is 13.2. The summed E-state index contributed by atoms with van der Waals surface area (Å²) >= 11 is 0. The summed E-state index contributed by atoms with van der Waals surface area (Å²) in [7, 11) is -3.33. The molecule has 1 atom stereocenters. The van der Waals surface area contributed by atoms with Crippen molar-refractivity contribution in [1.82, 2.24) is 4.72 Å². The van der Waals surface area contributed by atoms with Gasteiger partial charge in [0.1, 0.15) is 0 Å². The van der Waals surface area contributed by atoms with Crippen molar-refractivity contribution in [2.75, 3.05) is 11.6 Å². The Balaban J connectivity index is 1.61. The molecule has 3 aromatic rings. The second-order valence-electron chi connectivity index (χ2n) is 8.51. The number of rotatable bonds is 5. The zero-order chi connectivity index (χ0) is 24.7. The Labute approximate surface area is 196 Å². The van der Waals surface area contributed by atoms with E-state index in [0.29, 0.717) is 35.2 Å². The third kappa shape index (κ3) is 5.31. The van der Waals surface area contributed by atoms with Crippen molar-refractivity contribution >= 4 is 21.6 Å². The number of carbonyl (C=O) groups excluding carboxylic acids is 1. The SMILES string of the molecule is Cc1cccc(C(=O)Nc2ccc3c(c2)CC(NS(C)(=O)=O)C3)c1-c1cccc(C(F)(F)F)c1. The number of alkyl halides is 3. The quantitative estimate of drug-likeness (QED) is 0.534. The van der Waals surface area contributed by atoms with Crippen LogP contribution in [0.15, 0.2) is 60.7 Å². The summed E-state index contributed by atoms with van der Waals surface area (Å²) in [4.78, 5) is 13.2. The summed E-state index contributed by atoms with van der Waals surface area (Å²) in [6, 6.07) is 15.1. The second kappa shape index (κ2) is 8.88. The number of sulfonamides is 1. The van der Waals surface area contributed by atoms with Crippen LogP contribution in [0.25, 0.3) is 11.1 Å². The minimum absolute atomic E-state index is 0.236. The van der Waals surface area contributed by atoms with E-state index >= 15 is 0 Å². The van der Waals surface area contributed by atoms with E-state index in [1.165, 1.54) is 6.07 Å². The van der Waals surface area contributed by atoms with Crippen molar-refractivity contribution in [3.63, 3.8) is 0 Å². The Bertz CT molecular complexity index is 1370. The molecule has 1 amide bonds. The van der Waals surface area contributed by atoms with Crippen LogP contribution in [0, 0.1) is 6.92 Å². The van der Waals surface area contributed by atoms with Crippen molar-refractivity contribution in [2.24, 2.45) is 0 Å². The Kier molecular flexibility index (Phi) is 6.26. The number of benzene rings is 3. The minimum atomic E-state index is -4.49. The van der Waals surface area contributed by atoms with Gasteiger partial charge in [-0.15, -0.1) is 0 Å². The summed E-state index contributed by atoms with van der Waals surface area (Å²) in [5.41, 5.74) is 3.36. The van der Waals surface area contributed by atoms with Gasteiger partial charge in [-0.2, -0.15) is 13.2 Å². The first-order chi connectivity index (χ1) is 15.9. The van der Waals surface area contributed by atoms with Crippen LogP contribution in [0.2, 0.25) is 0 Å². The molecule has 3 aromatic carbocycles. The Morgan fingerprint density at radius 3 is 2.38 bits per heavy atom. The van der Waals surface area contributed by atoms with Crippen LogP contribution in [0.5, 0.6) is 0 Å². The largest absolute Gasteiger partial charge is 0.416 e. The van der Waals surface area contributed by atoms with E-state index in [2.05, 4.69) is 10.0 Å². The molecule has 1 aliphatic carbocycles. The fraction of sp³-hybridized carbons (Fsp3) is 0.240. The van der Waals surface area contributed by atoms with Crippen molar-refractivity contribution in [1.29, 1.82) is 0 Å². The van der Waals surface area contributed by atoms with E-state index in [9.17, 15) is 26.4 Å². The van der Waals surface area contributed by atoms with Crippen LogP contribution in [0.1, 0.15) is 32.6 Å². The van der Waals surface area contributed by atoms with Crippen LogP contribution in [0.4, 0.5) is 18.9 Å². The van der Waals surface area contributed by atoms with Crippen molar-refractivity contribution in [3.05, 3.63) is 88.5 Å². The first-order valence-electron chi connectivity index (χ1n) is 10.6. The molecule has 178 valence electrons. The molecule has 0 saturated carbocycles. The maximum Gasteiger partial charge on any atom is 0.416 e. The molecule has 1 aliphatic rings. The highest BCUT2D eigenvalue weighted by molar-refractivity contribution is 7.88. The van der Waals surface area contributed by atoms with Crippen molar-refractivity contribution in [3.8, 4) is 11.1 Å². The molecular formula is C25H23F3N2O3S. The van der Waals surface area contributed by atoms with E-state index in [4.69, 9.17) is 0 Å².